The van der Waals surface area contributed by atoms with Crippen molar-refractivity contribution in [1.82, 2.24) is 25.0 Å². The molecule has 7 nitrogen and oxygen atoms in total. The standard InChI is InChI=1S/C28H27N5O2/c34-22-11-7-20(8-12-22)25-18-23(28(35)33-16-14-32(15-17-33)21-9-10-21)26-24(30-31-27(26)29-25)13-6-19-4-2-1-3-5-19/h1-8,11-13,18,21,34H,9-10,14-17H2,(H,29,30,31)/b13-6+. The van der Waals surface area contributed by atoms with Crippen LogP contribution in [0.3, 0.4) is 0 Å². The predicted octanol–water partition coefficient (Wildman–Crippen LogP) is 4.42. The lowest BCUT2D eigenvalue weighted by Gasteiger charge is -2.35. The lowest BCUT2D eigenvalue weighted by Crippen LogP contribution is -2.49. The Morgan fingerprint density at radius 1 is 0.971 bits per heavy atom. The van der Waals surface area contributed by atoms with Crippen LogP contribution < -0.4 is 0 Å². The van der Waals surface area contributed by atoms with E-state index in [2.05, 4.69) is 15.1 Å². The van der Waals surface area contributed by atoms with Gasteiger partial charge in [0.25, 0.3) is 5.91 Å². The molecule has 0 unspecified atom stereocenters. The number of phenols is 1. The van der Waals surface area contributed by atoms with Crippen molar-refractivity contribution in [3.63, 3.8) is 0 Å². The number of aromatic hydroxyl groups is 1. The fourth-order valence-corrected chi connectivity index (χ4v) is 4.76. The van der Waals surface area contributed by atoms with Crippen LogP contribution in [0.4, 0.5) is 0 Å². The van der Waals surface area contributed by atoms with E-state index in [-0.39, 0.29) is 11.7 Å². The van der Waals surface area contributed by atoms with Gasteiger partial charge in [-0.15, -0.1) is 0 Å². The topological polar surface area (TPSA) is 85.3 Å². The highest BCUT2D eigenvalue weighted by Crippen LogP contribution is 2.31. The Balaban J connectivity index is 1.40. The van der Waals surface area contributed by atoms with Crippen LogP contribution in [0.5, 0.6) is 5.75 Å². The molecule has 2 aromatic heterocycles. The van der Waals surface area contributed by atoms with E-state index >= 15 is 0 Å². The molecule has 176 valence electrons. The van der Waals surface area contributed by atoms with Crippen LogP contribution in [0.1, 0.15) is 34.5 Å². The molecule has 0 atom stereocenters. The first-order valence-electron chi connectivity index (χ1n) is 12.1. The number of hydrogen-bond acceptors (Lipinski definition) is 5. The second kappa shape index (κ2) is 9.00. The number of benzene rings is 2. The van der Waals surface area contributed by atoms with Crippen LogP contribution in [0.25, 0.3) is 34.4 Å². The maximum absolute atomic E-state index is 13.8. The number of amides is 1. The van der Waals surface area contributed by atoms with Crippen molar-refractivity contribution in [2.45, 2.75) is 18.9 Å². The highest BCUT2D eigenvalue weighted by Gasteiger charge is 2.33. The zero-order chi connectivity index (χ0) is 23.8. The Hall–Kier alpha value is -3.97. The lowest BCUT2D eigenvalue weighted by atomic mass is 10.0. The fraction of sp³-hybridized carbons (Fsp3) is 0.250. The molecule has 4 aromatic rings. The molecule has 2 aliphatic rings. The van der Waals surface area contributed by atoms with Gasteiger partial charge in [-0.05, 0) is 54.8 Å². The van der Waals surface area contributed by atoms with E-state index in [1.807, 2.05) is 53.5 Å². The number of nitrogens with zero attached hydrogens (tertiary/aromatic N) is 4. The molecule has 2 fully saturated rings. The molecular formula is C28H27N5O2. The number of carbonyl (C=O) groups excluding carboxylic acids is 1. The number of rotatable bonds is 5. The van der Waals surface area contributed by atoms with Crippen molar-refractivity contribution in [1.29, 1.82) is 0 Å². The number of hydrogen-bond donors (Lipinski definition) is 2. The molecule has 3 heterocycles. The molecule has 2 N–H and O–H groups in total. The van der Waals surface area contributed by atoms with Crippen LogP contribution in [0.15, 0.2) is 60.7 Å². The molecule has 1 saturated heterocycles. The quantitative estimate of drug-likeness (QED) is 0.456. The van der Waals surface area contributed by atoms with Crippen LogP contribution in [-0.4, -0.2) is 68.2 Å². The van der Waals surface area contributed by atoms with Crippen molar-refractivity contribution in [2.24, 2.45) is 0 Å². The SMILES string of the molecule is O=C(c1cc(-c2ccc(O)cc2)nc2[nH]nc(/C=C/c3ccccc3)c12)N1CCN(C2CC2)CC1. The highest BCUT2D eigenvalue weighted by molar-refractivity contribution is 6.09. The summed E-state index contributed by atoms with van der Waals surface area (Å²) in [4.78, 5) is 23.1. The molecule has 1 saturated carbocycles. The van der Waals surface area contributed by atoms with Crippen molar-refractivity contribution < 1.29 is 9.90 Å². The number of carbonyl (C=O) groups is 1. The maximum Gasteiger partial charge on any atom is 0.254 e. The number of fused-ring (bicyclic) bond motifs is 1. The Bertz CT molecular complexity index is 1380. The smallest absolute Gasteiger partial charge is 0.254 e. The van der Waals surface area contributed by atoms with Gasteiger partial charge in [0.2, 0.25) is 0 Å². The van der Waals surface area contributed by atoms with Crippen LogP contribution in [-0.2, 0) is 0 Å². The van der Waals surface area contributed by atoms with Crippen LogP contribution >= 0.6 is 0 Å². The molecule has 0 bridgehead atoms. The lowest BCUT2D eigenvalue weighted by molar-refractivity contribution is 0.0629. The summed E-state index contributed by atoms with van der Waals surface area (Å²) >= 11 is 0. The van der Waals surface area contributed by atoms with Crippen LogP contribution in [0, 0.1) is 0 Å². The van der Waals surface area contributed by atoms with Gasteiger partial charge in [0.05, 0.1) is 22.3 Å². The molecule has 6 rings (SSSR count). The Morgan fingerprint density at radius 3 is 2.43 bits per heavy atom. The van der Waals surface area contributed by atoms with Crippen molar-refractivity contribution in [3.8, 4) is 17.0 Å². The van der Waals surface area contributed by atoms with Gasteiger partial charge in [-0.2, -0.15) is 5.10 Å². The van der Waals surface area contributed by atoms with E-state index in [9.17, 15) is 9.90 Å². The Labute approximate surface area is 203 Å². The number of aromatic amines is 1. The normalized spacial score (nSPS) is 16.9. The van der Waals surface area contributed by atoms with Crippen LogP contribution in [0.2, 0.25) is 0 Å². The summed E-state index contributed by atoms with van der Waals surface area (Å²) in [6, 6.07) is 19.4. The minimum atomic E-state index is 0.00337. The van der Waals surface area contributed by atoms with E-state index < -0.39 is 0 Å². The zero-order valence-corrected chi connectivity index (χ0v) is 19.4. The molecule has 1 aliphatic heterocycles. The average Bonchev–Trinajstić information content (AvgIpc) is 3.68. The van der Waals surface area contributed by atoms with E-state index in [1.54, 1.807) is 24.3 Å². The number of aromatic nitrogens is 3. The van der Waals surface area contributed by atoms with E-state index in [4.69, 9.17) is 4.98 Å². The van der Waals surface area contributed by atoms with Gasteiger partial charge in [0.1, 0.15) is 5.75 Å². The third kappa shape index (κ3) is 4.42. The summed E-state index contributed by atoms with van der Waals surface area (Å²) in [5, 5.41) is 18.0. The van der Waals surface area contributed by atoms with Crippen molar-refractivity contribution in [2.75, 3.05) is 26.2 Å². The molecule has 35 heavy (non-hydrogen) atoms. The van der Waals surface area contributed by atoms with Gasteiger partial charge in [0, 0.05) is 37.8 Å². The zero-order valence-electron chi connectivity index (χ0n) is 19.4. The first-order chi connectivity index (χ1) is 17.2. The van der Waals surface area contributed by atoms with E-state index in [0.717, 1.165) is 42.7 Å². The van der Waals surface area contributed by atoms with Crippen molar-refractivity contribution in [3.05, 3.63) is 77.5 Å². The number of phenolic OH excluding ortho intramolecular Hbond substituents is 1. The van der Waals surface area contributed by atoms with Crippen molar-refractivity contribution >= 4 is 29.1 Å². The molecular weight excluding hydrogens is 438 g/mol. The molecule has 7 heteroatoms. The highest BCUT2D eigenvalue weighted by atomic mass is 16.3. The third-order valence-corrected chi connectivity index (χ3v) is 6.85. The van der Waals surface area contributed by atoms with Gasteiger partial charge < -0.3 is 10.0 Å². The molecule has 2 aromatic carbocycles. The first kappa shape index (κ1) is 21.6. The second-order valence-corrected chi connectivity index (χ2v) is 9.24. The predicted molar refractivity (Wildman–Crippen MR) is 137 cm³/mol. The number of piperazine rings is 1. The Kier molecular flexibility index (Phi) is 5.54. The third-order valence-electron chi connectivity index (χ3n) is 6.85. The minimum Gasteiger partial charge on any atom is -0.508 e. The second-order valence-electron chi connectivity index (χ2n) is 9.24. The largest absolute Gasteiger partial charge is 0.508 e. The molecule has 1 amide bonds. The number of H-pyrrole nitrogens is 1. The van der Waals surface area contributed by atoms with Gasteiger partial charge in [0.15, 0.2) is 5.65 Å². The van der Waals surface area contributed by atoms with E-state index in [1.165, 1.54) is 12.8 Å². The molecule has 0 radical (unpaired) electrons. The minimum absolute atomic E-state index is 0.00337. The van der Waals surface area contributed by atoms with Gasteiger partial charge >= 0.3 is 0 Å². The van der Waals surface area contributed by atoms with Gasteiger partial charge in [-0.1, -0.05) is 36.4 Å². The number of pyridine rings is 1. The fourth-order valence-electron chi connectivity index (χ4n) is 4.76. The average molecular weight is 466 g/mol. The summed E-state index contributed by atoms with van der Waals surface area (Å²) in [7, 11) is 0. The summed E-state index contributed by atoms with van der Waals surface area (Å²) in [6.07, 6.45) is 6.48. The summed E-state index contributed by atoms with van der Waals surface area (Å²) in [5.74, 6) is 0.193. The summed E-state index contributed by atoms with van der Waals surface area (Å²) in [6.45, 7) is 3.28. The first-order valence-corrected chi connectivity index (χ1v) is 12.1. The molecule has 1 aliphatic carbocycles. The Morgan fingerprint density at radius 2 is 1.71 bits per heavy atom. The van der Waals surface area contributed by atoms with Gasteiger partial charge in [-0.25, -0.2) is 4.98 Å². The maximum atomic E-state index is 13.8. The summed E-state index contributed by atoms with van der Waals surface area (Å²) in [5.41, 5.74) is 4.41. The monoisotopic (exact) mass is 465 g/mol. The number of nitrogens with one attached hydrogen (secondary N) is 1. The van der Waals surface area contributed by atoms with E-state index in [0.29, 0.717) is 28.6 Å². The summed E-state index contributed by atoms with van der Waals surface area (Å²) < 4.78 is 0. The van der Waals surface area contributed by atoms with Gasteiger partial charge in [-0.3, -0.25) is 14.8 Å². The molecule has 0 spiro atoms.